The summed E-state index contributed by atoms with van der Waals surface area (Å²) in [6, 6.07) is 6.17. The SMILES string of the molecule is CCC1(C)CC2CC3c4oc5ccc(O)cc5c4CCN(C2)C31. The molecule has 3 fully saturated rings. The largest absolute Gasteiger partial charge is 0.508 e. The van der Waals surface area contributed by atoms with Gasteiger partial charge in [0.15, 0.2) is 0 Å². The molecule has 4 bridgehead atoms. The van der Waals surface area contributed by atoms with Gasteiger partial charge in [-0.15, -0.1) is 0 Å². The number of aromatic hydroxyl groups is 1. The van der Waals surface area contributed by atoms with Crippen molar-refractivity contribution in [3.05, 3.63) is 29.5 Å². The first-order valence-electron chi connectivity index (χ1n) is 9.07. The minimum absolute atomic E-state index is 0.341. The Morgan fingerprint density at radius 3 is 3.09 bits per heavy atom. The normalized spacial score (nSPS) is 38.5. The molecule has 0 spiro atoms. The van der Waals surface area contributed by atoms with Crippen LogP contribution in [0.25, 0.3) is 11.0 Å². The third kappa shape index (κ3) is 1.80. The van der Waals surface area contributed by atoms with Gasteiger partial charge in [0.2, 0.25) is 0 Å². The standard InChI is InChI=1S/C20H25NO2/c1-3-20(2)10-12-8-16-18-14(6-7-21(11-12)19(16)20)15-9-13(22)4-5-17(15)23-18/h4-5,9,12,16,19,22H,3,6-8,10-11H2,1-2H3. The lowest BCUT2D eigenvalue weighted by Crippen LogP contribution is -2.60. The predicted octanol–water partition coefficient (Wildman–Crippen LogP) is 4.29. The quantitative estimate of drug-likeness (QED) is 0.853. The van der Waals surface area contributed by atoms with Crippen LogP contribution < -0.4 is 0 Å². The van der Waals surface area contributed by atoms with Crippen molar-refractivity contribution < 1.29 is 9.52 Å². The molecule has 1 aliphatic carbocycles. The molecule has 3 heteroatoms. The van der Waals surface area contributed by atoms with Crippen LogP contribution >= 0.6 is 0 Å². The Morgan fingerprint density at radius 1 is 1.39 bits per heavy atom. The average molecular weight is 311 g/mol. The second kappa shape index (κ2) is 4.54. The molecule has 122 valence electrons. The van der Waals surface area contributed by atoms with Gasteiger partial charge in [0.05, 0.1) is 0 Å². The third-order valence-corrected chi connectivity index (χ3v) is 6.92. The summed E-state index contributed by atoms with van der Waals surface area (Å²) in [5.41, 5.74) is 2.71. The Morgan fingerprint density at radius 2 is 2.26 bits per heavy atom. The number of fused-ring (bicyclic) bond motifs is 4. The number of furan rings is 1. The van der Waals surface area contributed by atoms with Gasteiger partial charge in [0.25, 0.3) is 0 Å². The molecule has 1 aromatic carbocycles. The van der Waals surface area contributed by atoms with E-state index in [0.29, 0.717) is 23.1 Å². The lowest BCUT2D eigenvalue weighted by atomic mass is 9.58. The van der Waals surface area contributed by atoms with Crippen LogP contribution in [0.1, 0.15) is 50.4 Å². The number of rotatable bonds is 1. The van der Waals surface area contributed by atoms with Crippen molar-refractivity contribution in [2.75, 3.05) is 13.1 Å². The Hall–Kier alpha value is -1.48. The topological polar surface area (TPSA) is 36.6 Å². The van der Waals surface area contributed by atoms with Gasteiger partial charge >= 0.3 is 0 Å². The molecule has 0 amide bonds. The molecule has 4 aliphatic rings. The summed E-state index contributed by atoms with van der Waals surface area (Å²) in [6.45, 7) is 7.24. The molecule has 0 radical (unpaired) electrons. The molecule has 3 nitrogen and oxygen atoms in total. The summed E-state index contributed by atoms with van der Waals surface area (Å²) in [5.74, 6) is 2.90. The van der Waals surface area contributed by atoms with Gasteiger partial charge in [-0.1, -0.05) is 13.8 Å². The number of phenols is 1. The van der Waals surface area contributed by atoms with Gasteiger partial charge in [-0.05, 0) is 55.2 Å². The number of piperidine rings is 2. The molecular formula is C20H25NO2. The Balaban J connectivity index is 1.70. The fraction of sp³-hybridized carbons (Fsp3) is 0.600. The Labute approximate surface area is 137 Å². The van der Waals surface area contributed by atoms with Crippen LogP contribution in [0.4, 0.5) is 0 Å². The van der Waals surface area contributed by atoms with Crippen molar-refractivity contribution in [2.24, 2.45) is 11.3 Å². The van der Waals surface area contributed by atoms with Crippen molar-refractivity contribution in [1.82, 2.24) is 4.90 Å². The zero-order valence-corrected chi connectivity index (χ0v) is 14.0. The monoisotopic (exact) mass is 311 g/mol. The highest BCUT2D eigenvalue weighted by Gasteiger charge is 2.54. The highest BCUT2D eigenvalue weighted by molar-refractivity contribution is 5.84. The van der Waals surface area contributed by atoms with Gasteiger partial charge < -0.3 is 9.52 Å². The van der Waals surface area contributed by atoms with E-state index in [9.17, 15) is 5.11 Å². The minimum atomic E-state index is 0.341. The highest BCUT2D eigenvalue weighted by atomic mass is 16.3. The van der Waals surface area contributed by atoms with Crippen molar-refractivity contribution in [3.63, 3.8) is 0 Å². The summed E-state index contributed by atoms with van der Waals surface area (Å²) in [5, 5.41) is 11.0. The fourth-order valence-corrected chi connectivity index (χ4v) is 5.92. The molecule has 1 N–H and O–H groups in total. The Kier molecular flexibility index (Phi) is 2.74. The molecule has 3 aliphatic heterocycles. The van der Waals surface area contributed by atoms with Gasteiger partial charge in [-0.2, -0.15) is 0 Å². The molecule has 1 aromatic heterocycles. The van der Waals surface area contributed by atoms with Crippen LogP contribution in [0.5, 0.6) is 5.75 Å². The lowest BCUT2D eigenvalue weighted by molar-refractivity contribution is -0.0706. The van der Waals surface area contributed by atoms with Crippen molar-refractivity contribution >= 4 is 11.0 Å². The second-order valence-corrected chi connectivity index (χ2v) is 8.24. The summed E-state index contributed by atoms with van der Waals surface area (Å²) >= 11 is 0. The van der Waals surface area contributed by atoms with Crippen LogP contribution in [0, 0.1) is 11.3 Å². The van der Waals surface area contributed by atoms with E-state index in [2.05, 4.69) is 18.7 Å². The van der Waals surface area contributed by atoms with Gasteiger partial charge in [0.1, 0.15) is 17.1 Å². The molecule has 4 heterocycles. The van der Waals surface area contributed by atoms with Crippen molar-refractivity contribution in [2.45, 2.75) is 51.5 Å². The van der Waals surface area contributed by atoms with E-state index in [1.165, 1.54) is 37.1 Å². The first-order valence-corrected chi connectivity index (χ1v) is 9.07. The molecule has 5 atom stereocenters. The third-order valence-electron chi connectivity index (χ3n) is 6.92. The van der Waals surface area contributed by atoms with Crippen LogP contribution in [-0.2, 0) is 6.42 Å². The number of hydrogen-bond donors (Lipinski definition) is 1. The van der Waals surface area contributed by atoms with Crippen molar-refractivity contribution in [3.8, 4) is 5.75 Å². The maximum atomic E-state index is 9.88. The highest BCUT2D eigenvalue weighted by Crippen LogP contribution is 2.57. The molecule has 2 saturated heterocycles. The summed E-state index contributed by atoms with van der Waals surface area (Å²) < 4.78 is 6.36. The van der Waals surface area contributed by atoms with Crippen LogP contribution in [0.2, 0.25) is 0 Å². The second-order valence-electron chi connectivity index (χ2n) is 8.24. The van der Waals surface area contributed by atoms with E-state index in [4.69, 9.17) is 4.42 Å². The number of nitrogens with zero attached hydrogens (tertiary/aromatic N) is 1. The van der Waals surface area contributed by atoms with E-state index in [1.54, 1.807) is 6.07 Å². The zero-order chi connectivity index (χ0) is 15.8. The number of hydrogen-bond acceptors (Lipinski definition) is 3. The van der Waals surface area contributed by atoms with Gasteiger partial charge in [-0.25, -0.2) is 0 Å². The smallest absolute Gasteiger partial charge is 0.134 e. The molecule has 5 unspecified atom stereocenters. The van der Waals surface area contributed by atoms with Crippen LogP contribution in [-0.4, -0.2) is 29.1 Å². The van der Waals surface area contributed by atoms with E-state index in [0.717, 1.165) is 29.9 Å². The lowest BCUT2D eigenvalue weighted by Gasteiger charge is -2.58. The maximum Gasteiger partial charge on any atom is 0.134 e. The van der Waals surface area contributed by atoms with E-state index >= 15 is 0 Å². The summed E-state index contributed by atoms with van der Waals surface area (Å²) in [4.78, 5) is 2.75. The number of phenolic OH excluding ortho intramolecular Hbond substituents is 1. The van der Waals surface area contributed by atoms with Crippen molar-refractivity contribution in [1.29, 1.82) is 0 Å². The van der Waals surface area contributed by atoms with Gasteiger partial charge in [-0.3, -0.25) is 4.90 Å². The number of benzene rings is 1. The van der Waals surface area contributed by atoms with Crippen LogP contribution in [0.15, 0.2) is 22.6 Å². The molecule has 2 aromatic rings. The van der Waals surface area contributed by atoms with E-state index < -0.39 is 0 Å². The summed E-state index contributed by atoms with van der Waals surface area (Å²) in [6.07, 6.45) is 4.94. The van der Waals surface area contributed by atoms with Gasteiger partial charge in [0, 0.05) is 36.0 Å². The summed E-state index contributed by atoms with van der Waals surface area (Å²) in [7, 11) is 0. The fourth-order valence-electron chi connectivity index (χ4n) is 5.92. The maximum absolute atomic E-state index is 9.88. The predicted molar refractivity (Wildman–Crippen MR) is 90.8 cm³/mol. The average Bonchev–Trinajstić information content (AvgIpc) is 2.85. The Bertz CT molecular complexity index is 779. The molecule has 1 saturated carbocycles. The minimum Gasteiger partial charge on any atom is -0.508 e. The molecule has 23 heavy (non-hydrogen) atoms. The van der Waals surface area contributed by atoms with E-state index in [1.807, 2.05) is 12.1 Å². The first-order chi connectivity index (χ1) is 11.1. The first kappa shape index (κ1) is 13.9. The zero-order valence-electron chi connectivity index (χ0n) is 14.0. The molecular weight excluding hydrogens is 286 g/mol. The van der Waals surface area contributed by atoms with E-state index in [-0.39, 0.29) is 0 Å². The molecule has 6 rings (SSSR count). The van der Waals surface area contributed by atoms with Crippen LogP contribution in [0.3, 0.4) is 0 Å².